The van der Waals surface area contributed by atoms with Gasteiger partial charge >= 0.3 is 5.69 Å². The molecular formula is C16H17N5O3. The SMILES string of the molecule is CNC(=O)c1cccc(CNc2c(C#N)c(=O)n(C)c(=O)n2C)c1. The molecule has 0 saturated heterocycles. The Bertz CT molecular complexity index is 950. The van der Waals surface area contributed by atoms with Gasteiger partial charge in [0.25, 0.3) is 11.5 Å². The third-order valence-corrected chi connectivity index (χ3v) is 3.65. The minimum absolute atomic E-state index is 0.137. The van der Waals surface area contributed by atoms with Crippen molar-refractivity contribution >= 4 is 11.7 Å². The Morgan fingerprint density at radius 3 is 2.58 bits per heavy atom. The maximum atomic E-state index is 12.0. The van der Waals surface area contributed by atoms with Crippen molar-refractivity contribution in [2.24, 2.45) is 14.1 Å². The van der Waals surface area contributed by atoms with E-state index in [0.717, 1.165) is 10.1 Å². The Labute approximate surface area is 138 Å². The van der Waals surface area contributed by atoms with E-state index in [9.17, 15) is 19.6 Å². The van der Waals surface area contributed by atoms with E-state index < -0.39 is 11.2 Å². The van der Waals surface area contributed by atoms with Crippen molar-refractivity contribution in [1.29, 1.82) is 5.26 Å². The van der Waals surface area contributed by atoms with Crippen LogP contribution in [0.2, 0.25) is 0 Å². The number of anilines is 1. The molecule has 0 fully saturated rings. The van der Waals surface area contributed by atoms with Crippen LogP contribution in [0.25, 0.3) is 0 Å². The summed E-state index contributed by atoms with van der Waals surface area (Å²) < 4.78 is 2.10. The number of nitrogens with zero attached hydrogens (tertiary/aromatic N) is 3. The van der Waals surface area contributed by atoms with Crippen LogP contribution >= 0.6 is 0 Å². The van der Waals surface area contributed by atoms with Gasteiger partial charge in [-0.1, -0.05) is 12.1 Å². The molecule has 1 heterocycles. The van der Waals surface area contributed by atoms with Crippen molar-refractivity contribution in [3.8, 4) is 6.07 Å². The average Bonchev–Trinajstić information content (AvgIpc) is 2.61. The monoisotopic (exact) mass is 327 g/mol. The van der Waals surface area contributed by atoms with E-state index in [2.05, 4.69) is 10.6 Å². The van der Waals surface area contributed by atoms with Gasteiger partial charge in [0.2, 0.25) is 0 Å². The Morgan fingerprint density at radius 1 is 1.25 bits per heavy atom. The van der Waals surface area contributed by atoms with Gasteiger partial charge in [0.1, 0.15) is 11.9 Å². The van der Waals surface area contributed by atoms with Crippen molar-refractivity contribution in [3.05, 3.63) is 61.8 Å². The Balaban J connectivity index is 2.37. The maximum Gasteiger partial charge on any atom is 0.332 e. The van der Waals surface area contributed by atoms with Crippen molar-refractivity contribution in [2.45, 2.75) is 6.54 Å². The lowest BCUT2D eigenvalue weighted by atomic mass is 10.1. The molecule has 8 heteroatoms. The molecule has 2 aromatic rings. The number of rotatable bonds is 4. The minimum Gasteiger partial charge on any atom is -0.366 e. The number of hydrogen-bond donors (Lipinski definition) is 2. The van der Waals surface area contributed by atoms with Crippen LogP contribution in [0.3, 0.4) is 0 Å². The van der Waals surface area contributed by atoms with Crippen LogP contribution in [0.1, 0.15) is 21.5 Å². The Kier molecular flexibility index (Phi) is 4.84. The lowest BCUT2D eigenvalue weighted by molar-refractivity contribution is 0.0963. The zero-order valence-corrected chi connectivity index (χ0v) is 13.6. The quantitative estimate of drug-likeness (QED) is 0.817. The summed E-state index contributed by atoms with van der Waals surface area (Å²) in [6, 6.07) is 8.73. The van der Waals surface area contributed by atoms with E-state index in [0.29, 0.717) is 5.56 Å². The van der Waals surface area contributed by atoms with Crippen molar-refractivity contribution in [2.75, 3.05) is 12.4 Å². The second-order valence-electron chi connectivity index (χ2n) is 5.17. The highest BCUT2D eigenvalue weighted by Gasteiger charge is 2.15. The van der Waals surface area contributed by atoms with Crippen LogP contribution in [-0.2, 0) is 20.6 Å². The molecule has 0 atom stereocenters. The summed E-state index contributed by atoms with van der Waals surface area (Å²) in [6.45, 7) is 0.250. The van der Waals surface area contributed by atoms with Crippen LogP contribution < -0.4 is 21.9 Å². The zero-order chi connectivity index (χ0) is 17.9. The summed E-state index contributed by atoms with van der Waals surface area (Å²) in [5, 5.41) is 14.7. The van der Waals surface area contributed by atoms with Crippen LogP contribution in [-0.4, -0.2) is 22.1 Å². The fourth-order valence-corrected chi connectivity index (χ4v) is 2.30. The van der Waals surface area contributed by atoms with E-state index in [1.807, 2.05) is 6.07 Å². The first-order valence-corrected chi connectivity index (χ1v) is 7.15. The molecule has 2 rings (SSSR count). The standard InChI is InChI=1S/C16H17N5O3/c1-18-14(22)11-6-4-5-10(7-11)9-19-13-12(8-17)15(23)21(3)16(24)20(13)2/h4-7,19H,9H2,1-3H3,(H,18,22). The lowest BCUT2D eigenvalue weighted by Crippen LogP contribution is -2.39. The molecule has 0 spiro atoms. The number of aromatic nitrogens is 2. The normalized spacial score (nSPS) is 10.1. The van der Waals surface area contributed by atoms with Gasteiger partial charge in [0.15, 0.2) is 5.56 Å². The fourth-order valence-electron chi connectivity index (χ4n) is 2.30. The van der Waals surface area contributed by atoms with Crippen LogP contribution in [0, 0.1) is 11.3 Å². The topological polar surface area (TPSA) is 109 Å². The van der Waals surface area contributed by atoms with Gasteiger partial charge in [-0.25, -0.2) is 4.79 Å². The van der Waals surface area contributed by atoms with Gasteiger partial charge in [-0.15, -0.1) is 0 Å². The van der Waals surface area contributed by atoms with E-state index in [1.165, 1.54) is 18.7 Å². The highest BCUT2D eigenvalue weighted by atomic mass is 16.2. The number of benzene rings is 1. The molecule has 1 amide bonds. The summed E-state index contributed by atoms with van der Waals surface area (Å²) in [7, 11) is 4.34. The summed E-state index contributed by atoms with van der Waals surface area (Å²) in [5.41, 5.74) is -0.0480. The van der Waals surface area contributed by atoms with Crippen LogP contribution in [0.4, 0.5) is 5.82 Å². The van der Waals surface area contributed by atoms with E-state index in [1.54, 1.807) is 31.3 Å². The van der Waals surface area contributed by atoms with Gasteiger partial charge in [-0.2, -0.15) is 5.26 Å². The third-order valence-electron chi connectivity index (χ3n) is 3.65. The number of hydrogen-bond acceptors (Lipinski definition) is 5. The number of nitrogens with one attached hydrogen (secondary N) is 2. The maximum absolute atomic E-state index is 12.0. The second-order valence-corrected chi connectivity index (χ2v) is 5.17. The number of amides is 1. The highest BCUT2D eigenvalue weighted by Crippen LogP contribution is 2.11. The molecule has 0 aliphatic carbocycles. The Hall–Kier alpha value is -3.34. The first kappa shape index (κ1) is 17.0. The van der Waals surface area contributed by atoms with Crippen molar-refractivity contribution in [1.82, 2.24) is 14.5 Å². The lowest BCUT2D eigenvalue weighted by Gasteiger charge is -2.14. The van der Waals surface area contributed by atoms with E-state index >= 15 is 0 Å². The molecule has 0 aliphatic rings. The molecule has 8 nitrogen and oxygen atoms in total. The summed E-state index contributed by atoms with van der Waals surface area (Å²) >= 11 is 0. The molecule has 124 valence electrons. The Morgan fingerprint density at radius 2 is 1.96 bits per heavy atom. The van der Waals surface area contributed by atoms with Crippen molar-refractivity contribution < 1.29 is 4.79 Å². The van der Waals surface area contributed by atoms with Crippen LogP contribution in [0.15, 0.2) is 33.9 Å². The molecule has 0 aliphatic heterocycles. The minimum atomic E-state index is -0.651. The predicted octanol–water partition coefficient (Wildman–Crippen LogP) is -0.0726. The molecule has 0 unspecified atom stereocenters. The van der Waals surface area contributed by atoms with Gasteiger partial charge < -0.3 is 10.6 Å². The number of nitriles is 1. The molecule has 0 bridgehead atoms. The first-order chi connectivity index (χ1) is 11.4. The fraction of sp³-hybridized carbons (Fsp3) is 0.250. The van der Waals surface area contributed by atoms with Gasteiger partial charge in [0, 0.05) is 33.3 Å². The van der Waals surface area contributed by atoms with Crippen molar-refractivity contribution in [3.63, 3.8) is 0 Å². The zero-order valence-electron chi connectivity index (χ0n) is 13.6. The van der Waals surface area contributed by atoms with Gasteiger partial charge in [0.05, 0.1) is 0 Å². The van der Waals surface area contributed by atoms with E-state index in [-0.39, 0.29) is 23.8 Å². The predicted molar refractivity (Wildman–Crippen MR) is 88.8 cm³/mol. The molecule has 24 heavy (non-hydrogen) atoms. The van der Waals surface area contributed by atoms with Gasteiger partial charge in [-0.05, 0) is 17.7 Å². The molecule has 0 saturated carbocycles. The number of carbonyl (C=O) groups excluding carboxylic acids is 1. The highest BCUT2D eigenvalue weighted by molar-refractivity contribution is 5.94. The second kappa shape index (κ2) is 6.83. The smallest absolute Gasteiger partial charge is 0.332 e. The first-order valence-electron chi connectivity index (χ1n) is 7.15. The average molecular weight is 327 g/mol. The third kappa shape index (κ3) is 3.05. The summed E-state index contributed by atoms with van der Waals surface area (Å²) in [4.78, 5) is 35.7. The van der Waals surface area contributed by atoms with Crippen LogP contribution in [0.5, 0.6) is 0 Å². The van der Waals surface area contributed by atoms with E-state index in [4.69, 9.17) is 0 Å². The number of carbonyl (C=O) groups is 1. The molecule has 1 aromatic carbocycles. The molecule has 1 aromatic heterocycles. The van der Waals surface area contributed by atoms with Gasteiger partial charge in [-0.3, -0.25) is 18.7 Å². The molecule has 0 radical (unpaired) electrons. The summed E-state index contributed by atoms with van der Waals surface area (Å²) in [6.07, 6.45) is 0. The summed E-state index contributed by atoms with van der Waals surface area (Å²) in [5.74, 6) is -0.0634. The molecule has 2 N–H and O–H groups in total. The largest absolute Gasteiger partial charge is 0.366 e. The molecular weight excluding hydrogens is 310 g/mol.